The smallest absolute Gasteiger partial charge is 0.184 e. The summed E-state index contributed by atoms with van der Waals surface area (Å²) in [5, 5.41) is 9.97. The van der Waals surface area contributed by atoms with Crippen molar-refractivity contribution in [1.29, 1.82) is 0 Å². The van der Waals surface area contributed by atoms with Crippen molar-refractivity contribution < 1.29 is 24.1 Å². The van der Waals surface area contributed by atoms with Gasteiger partial charge in [0, 0.05) is 12.2 Å². The molecule has 19 heavy (non-hydrogen) atoms. The maximum Gasteiger partial charge on any atom is 0.184 e. The summed E-state index contributed by atoms with van der Waals surface area (Å²) in [6.07, 6.45) is -0.809. The predicted octanol–water partition coefficient (Wildman–Crippen LogP) is 1.26. The molecule has 1 aromatic rings. The van der Waals surface area contributed by atoms with E-state index >= 15 is 0 Å². The first kappa shape index (κ1) is 12.9. The molecule has 104 valence electrons. The third kappa shape index (κ3) is 2.60. The average Bonchev–Trinajstić information content (AvgIpc) is 2.47. The highest BCUT2D eigenvalue weighted by atomic mass is 16.7. The summed E-state index contributed by atoms with van der Waals surface area (Å²) < 4.78 is 22.1. The summed E-state index contributed by atoms with van der Waals surface area (Å²) in [5.74, 6) is 0.790. The molecule has 0 unspecified atom stereocenters. The van der Waals surface area contributed by atoms with Gasteiger partial charge >= 0.3 is 0 Å². The summed E-state index contributed by atoms with van der Waals surface area (Å²) in [5.41, 5.74) is 0.914. The lowest BCUT2D eigenvalue weighted by Crippen LogP contribution is -2.52. The Hall–Kier alpha value is -1.14. The van der Waals surface area contributed by atoms with Crippen LogP contribution in [0.25, 0.3) is 0 Å². The fourth-order valence-corrected chi connectivity index (χ4v) is 2.47. The highest BCUT2D eigenvalue weighted by Gasteiger charge is 2.40. The monoisotopic (exact) mass is 266 g/mol. The molecule has 2 fully saturated rings. The van der Waals surface area contributed by atoms with E-state index in [0.29, 0.717) is 19.6 Å². The molecule has 3 rings (SSSR count). The number of fused-ring (bicyclic) bond motifs is 1. The number of rotatable bonds is 2. The summed E-state index contributed by atoms with van der Waals surface area (Å²) in [4.78, 5) is 0. The van der Waals surface area contributed by atoms with Gasteiger partial charge in [-0.1, -0.05) is 12.1 Å². The summed E-state index contributed by atoms with van der Waals surface area (Å²) >= 11 is 0. The van der Waals surface area contributed by atoms with Crippen molar-refractivity contribution in [2.24, 2.45) is 0 Å². The zero-order valence-corrected chi connectivity index (χ0v) is 10.8. The van der Waals surface area contributed by atoms with E-state index in [9.17, 15) is 5.11 Å². The molecule has 0 radical (unpaired) electrons. The van der Waals surface area contributed by atoms with Crippen molar-refractivity contribution in [1.82, 2.24) is 0 Å². The highest BCUT2D eigenvalue weighted by Crippen LogP contribution is 2.32. The molecule has 1 aromatic carbocycles. The molecule has 2 heterocycles. The van der Waals surface area contributed by atoms with Gasteiger partial charge in [-0.3, -0.25) is 0 Å². The van der Waals surface area contributed by atoms with Gasteiger partial charge in [-0.2, -0.15) is 0 Å². The Labute approximate surface area is 112 Å². The normalized spacial score (nSPS) is 34.6. The molecule has 2 aliphatic rings. The molecule has 5 nitrogen and oxygen atoms in total. The fourth-order valence-electron chi connectivity index (χ4n) is 2.47. The maximum atomic E-state index is 9.97. The quantitative estimate of drug-likeness (QED) is 0.873. The first-order chi connectivity index (χ1) is 9.28. The van der Waals surface area contributed by atoms with E-state index < -0.39 is 12.4 Å². The van der Waals surface area contributed by atoms with Crippen LogP contribution in [0.4, 0.5) is 0 Å². The van der Waals surface area contributed by atoms with Gasteiger partial charge < -0.3 is 24.1 Å². The Morgan fingerprint density at radius 3 is 2.74 bits per heavy atom. The van der Waals surface area contributed by atoms with Crippen LogP contribution < -0.4 is 4.74 Å². The minimum absolute atomic E-state index is 0.168. The van der Waals surface area contributed by atoms with E-state index in [1.165, 1.54) is 0 Å². The Morgan fingerprint density at radius 2 is 2.00 bits per heavy atom. The minimum Gasteiger partial charge on any atom is -0.497 e. The van der Waals surface area contributed by atoms with Crippen LogP contribution in [-0.4, -0.2) is 43.7 Å². The fraction of sp³-hybridized carbons (Fsp3) is 0.571. The zero-order valence-electron chi connectivity index (χ0n) is 10.8. The zero-order chi connectivity index (χ0) is 13.2. The predicted molar refractivity (Wildman–Crippen MR) is 66.9 cm³/mol. The summed E-state index contributed by atoms with van der Waals surface area (Å²) in [6.45, 7) is 1.00. The SMILES string of the molecule is COc1ccc([C@H]2OC[C@@H]3OCC[C@@H](O)[C@H]3O2)cc1. The second-order valence-electron chi connectivity index (χ2n) is 4.80. The molecular formula is C14H18O5. The van der Waals surface area contributed by atoms with Crippen LogP contribution in [0.2, 0.25) is 0 Å². The third-order valence-corrected chi connectivity index (χ3v) is 3.57. The van der Waals surface area contributed by atoms with Crippen molar-refractivity contribution >= 4 is 0 Å². The molecule has 2 aliphatic heterocycles. The standard InChI is InChI=1S/C14H18O5/c1-16-10-4-2-9(3-5-10)14-18-8-12-13(19-14)11(15)6-7-17-12/h2-5,11-15H,6-8H2,1H3/t11-,12+,13-,14+/m1/s1. The van der Waals surface area contributed by atoms with Crippen LogP contribution in [0.5, 0.6) is 5.75 Å². The Morgan fingerprint density at radius 1 is 1.21 bits per heavy atom. The third-order valence-electron chi connectivity index (χ3n) is 3.57. The number of methoxy groups -OCH3 is 1. The van der Waals surface area contributed by atoms with Gasteiger partial charge in [-0.25, -0.2) is 0 Å². The van der Waals surface area contributed by atoms with Gasteiger partial charge in [-0.15, -0.1) is 0 Å². The van der Waals surface area contributed by atoms with Crippen molar-refractivity contribution in [3.8, 4) is 5.75 Å². The molecular weight excluding hydrogens is 248 g/mol. The van der Waals surface area contributed by atoms with Crippen molar-refractivity contribution in [3.05, 3.63) is 29.8 Å². The number of aliphatic hydroxyl groups excluding tert-OH is 1. The van der Waals surface area contributed by atoms with Crippen molar-refractivity contribution in [2.45, 2.75) is 31.0 Å². The molecule has 5 heteroatoms. The van der Waals surface area contributed by atoms with E-state index in [1.807, 2.05) is 24.3 Å². The Kier molecular flexibility index (Phi) is 3.70. The van der Waals surface area contributed by atoms with E-state index in [-0.39, 0.29) is 12.2 Å². The van der Waals surface area contributed by atoms with Crippen molar-refractivity contribution in [2.75, 3.05) is 20.3 Å². The topological polar surface area (TPSA) is 57.2 Å². The first-order valence-electron chi connectivity index (χ1n) is 6.48. The molecule has 0 aliphatic carbocycles. The van der Waals surface area contributed by atoms with E-state index in [4.69, 9.17) is 18.9 Å². The van der Waals surface area contributed by atoms with Crippen molar-refractivity contribution in [3.63, 3.8) is 0 Å². The van der Waals surface area contributed by atoms with Crippen LogP contribution >= 0.6 is 0 Å². The van der Waals surface area contributed by atoms with E-state index in [0.717, 1.165) is 11.3 Å². The largest absolute Gasteiger partial charge is 0.497 e. The van der Waals surface area contributed by atoms with Gasteiger partial charge in [0.1, 0.15) is 18.0 Å². The van der Waals surface area contributed by atoms with Gasteiger partial charge in [0.2, 0.25) is 0 Å². The van der Waals surface area contributed by atoms with Gasteiger partial charge in [-0.05, 0) is 18.6 Å². The second-order valence-corrected chi connectivity index (χ2v) is 4.80. The lowest BCUT2D eigenvalue weighted by atomic mass is 10.0. The molecule has 0 saturated carbocycles. The van der Waals surface area contributed by atoms with Crippen LogP contribution in [0.3, 0.4) is 0 Å². The number of ether oxygens (including phenoxy) is 4. The minimum atomic E-state index is -0.483. The number of hydrogen-bond acceptors (Lipinski definition) is 5. The molecule has 0 spiro atoms. The summed E-state index contributed by atoms with van der Waals surface area (Å²) in [6, 6.07) is 7.53. The second kappa shape index (κ2) is 5.46. The van der Waals surface area contributed by atoms with E-state index in [1.54, 1.807) is 7.11 Å². The first-order valence-corrected chi connectivity index (χ1v) is 6.48. The molecule has 0 bridgehead atoms. The molecule has 0 aromatic heterocycles. The Balaban J connectivity index is 1.71. The number of aliphatic hydroxyl groups is 1. The Bertz CT molecular complexity index is 418. The molecule has 0 amide bonds. The summed E-state index contributed by atoms with van der Waals surface area (Å²) in [7, 11) is 1.63. The molecule has 1 N–H and O–H groups in total. The lowest BCUT2D eigenvalue weighted by molar-refractivity contribution is -0.298. The van der Waals surface area contributed by atoms with Gasteiger partial charge in [0.05, 0.1) is 19.8 Å². The number of hydrogen-bond donors (Lipinski definition) is 1. The van der Waals surface area contributed by atoms with Crippen LogP contribution in [0.15, 0.2) is 24.3 Å². The number of benzene rings is 1. The van der Waals surface area contributed by atoms with Crippen LogP contribution in [0, 0.1) is 0 Å². The van der Waals surface area contributed by atoms with E-state index in [2.05, 4.69) is 0 Å². The lowest BCUT2D eigenvalue weighted by Gasteiger charge is -2.41. The average molecular weight is 266 g/mol. The maximum absolute atomic E-state index is 9.97. The van der Waals surface area contributed by atoms with Crippen LogP contribution in [0.1, 0.15) is 18.3 Å². The molecule has 4 atom stereocenters. The van der Waals surface area contributed by atoms with Gasteiger partial charge in [0.15, 0.2) is 6.29 Å². The molecule has 2 saturated heterocycles. The highest BCUT2D eigenvalue weighted by molar-refractivity contribution is 5.28. The van der Waals surface area contributed by atoms with Gasteiger partial charge in [0.25, 0.3) is 0 Å². The van der Waals surface area contributed by atoms with Crippen LogP contribution in [-0.2, 0) is 14.2 Å².